The smallest absolute Gasteiger partial charge is 0.240 e. The third kappa shape index (κ3) is 4.84. The van der Waals surface area contributed by atoms with Crippen LogP contribution in [0.1, 0.15) is 93.4 Å². The fourth-order valence-electron chi connectivity index (χ4n) is 9.33. The lowest BCUT2D eigenvalue weighted by atomic mass is 9.44. The molecule has 1 aromatic rings. The summed E-state index contributed by atoms with van der Waals surface area (Å²) in [4.78, 5) is 42.0. The molecule has 5 rings (SSSR count). The topological polar surface area (TPSA) is 66.5 Å². The first-order valence-corrected chi connectivity index (χ1v) is 15.6. The number of fused-ring (bicyclic) bond motifs is 5. The number of amides is 2. The van der Waals surface area contributed by atoms with Crippen LogP contribution in [0.3, 0.4) is 0 Å². The zero-order valence-corrected chi connectivity index (χ0v) is 26.2. The maximum atomic E-state index is 14.4. The number of carbonyl (C=O) groups is 3. The molecule has 4 aliphatic carbocycles. The van der Waals surface area contributed by atoms with Crippen LogP contribution in [0.2, 0.25) is 5.02 Å². The number of carbonyl (C=O) groups excluding carboxylic acids is 3. The maximum absolute atomic E-state index is 14.4. The van der Waals surface area contributed by atoms with Crippen molar-refractivity contribution >= 4 is 34.9 Å². The predicted molar refractivity (Wildman–Crippen MR) is 161 cm³/mol. The molecule has 2 amide bonds. The molecule has 0 unspecified atom stereocenters. The second-order valence-corrected chi connectivity index (χ2v) is 15.5. The van der Waals surface area contributed by atoms with E-state index in [9.17, 15) is 14.4 Å². The Morgan fingerprint density at radius 3 is 2.33 bits per heavy atom. The van der Waals surface area contributed by atoms with Gasteiger partial charge < -0.3 is 10.2 Å². The molecule has 4 aliphatic rings. The Morgan fingerprint density at radius 2 is 1.68 bits per heavy atom. The van der Waals surface area contributed by atoms with E-state index in [1.165, 1.54) is 5.57 Å². The van der Waals surface area contributed by atoms with Crippen molar-refractivity contribution in [2.24, 2.45) is 39.9 Å². The van der Waals surface area contributed by atoms with Crippen LogP contribution >= 0.6 is 11.6 Å². The lowest BCUT2D eigenvalue weighted by Gasteiger charge is -2.59. The van der Waals surface area contributed by atoms with E-state index in [4.69, 9.17) is 11.6 Å². The van der Waals surface area contributed by atoms with Crippen molar-refractivity contribution in [3.05, 3.63) is 40.9 Å². The summed E-state index contributed by atoms with van der Waals surface area (Å²) < 4.78 is 0. The number of benzene rings is 1. The minimum absolute atomic E-state index is 0.00564. The highest BCUT2D eigenvalue weighted by Gasteiger charge is 2.62. The van der Waals surface area contributed by atoms with E-state index in [0.29, 0.717) is 40.7 Å². The van der Waals surface area contributed by atoms with E-state index in [1.54, 1.807) is 17.0 Å². The molecule has 218 valence electrons. The van der Waals surface area contributed by atoms with E-state index in [2.05, 4.69) is 39.1 Å². The van der Waals surface area contributed by atoms with Gasteiger partial charge in [-0.1, -0.05) is 37.1 Å². The van der Waals surface area contributed by atoms with Gasteiger partial charge in [-0.15, -0.1) is 0 Å². The molecule has 0 heterocycles. The molecule has 0 saturated heterocycles. The Kier molecular flexibility index (Phi) is 7.34. The number of nitrogens with one attached hydrogen (secondary N) is 1. The van der Waals surface area contributed by atoms with Gasteiger partial charge in [0.15, 0.2) is 0 Å². The van der Waals surface area contributed by atoms with Gasteiger partial charge in [0.25, 0.3) is 0 Å². The van der Waals surface area contributed by atoms with Crippen LogP contribution in [-0.2, 0) is 14.4 Å². The van der Waals surface area contributed by atoms with Crippen molar-refractivity contribution in [3.8, 4) is 0 Å². The van der Waals surface area contributed by atoms with E-state index < -0.39 is 0 Å². The third-order valence-electron chi connectivity index (χ3n) is 11.2. The van der Waals surface area contributed by atoms with Gasteiger partial charge in [-0.25, -0.2) is 0 Å². The molecule has 40 heavy (non-hydrogen) atoms. The molecule has 0 aliphatic heterocycles. The highest BCUT2D eigenvalue weighted by Crippen LogP contribution is 2.67. The number of nitrogens with zero attached hydrogens (tertiary/aromatic N) is 1. The molecule has 0 bridgehead atoms. The first-order valence-electron chi connectivity index (χ1n) is 15.2. The number of ketones is 1. The van der Waals surface area contributed by atoms with E-state index in [1.807, 2.05) is 32.9 Å². The Hall–Kier alpha value is -2.14. The van der Waals surface area contributed by atoms with Crippen LogP contribution in [0, 0.1) is 39.9 Å². The van der Waals surface area contributed by atoms with Crippen LogP contribution in [-0.4, -0.2) is 29.7 Å². The monoisotopic (exact) mass is 566 g/mol. The Morgan fingerprint density at radius 1 is 1.00 bits per heavy atom. The molecule has 6 heteroatoms. The summed E-state index contributed by atoms with van der Waals surface area (Å²) in [5.41, 5.74) is 1.28. The van der Waals surface area contributed by atoms with Crippen molar-refractivity contribution in [3.63, 3.8) is 0 Å². The average molecular weight is 567 g/mol. The van der Waals surface area contributed by atoms with Crippen molar-refractivity contribution in [1.29, 1.82) is 0 Å². The Bertz CT molecular complexity index is 1230. The molecule has 1 aromatic carbocycles. The molecule has 0 spiro atoms. The summed E-state index contributed by atoms with van der Waals surface area (Å²) in [6.45, 7) is 14.9. The second-order valence-electron chi connectivity index (χ2n) is 15.1. The van der Waals surface area contributed by atoms with Gasteiger partial charge in [-0.05, 0) is 126 Å². The quantitative estimate of drug-likeness (QED) is 0.387. The SMILES string of the molecule is CC(C)(C)NC(=O)CN(C(=O)[C@H]1CC[C@H]2[C@@H]3CC=C4C(C)(C)C(=O)CC[C@]4(C)[C@H]3CC[C@]12C)c1ccc(Cl)cc1. The standard InChI is InChI=1S/C34H47ClN2O3/c1-31(2,3)36-29(39)20-37(22-10-8-21(35)9-11-22)30(40)26-14-13-24-23-12-15-27-32(4,5)28(38)17-19-34(27,7)25(23)16-18-33(24,26)6/h8-11,15,23-26H,12-14,16-20H2,1-7H3,(H,36,39)/t23-,24-,25-,26+,33-,34+/m0/s1. The van der Waals surface area contributed by atoms with E-state index in [0.717, 1.165) is 38.5 Å². The average Bonchev–Trinajstić information content (AvgIpc) is 3.21. The van der Waals surface area contributed by atoms with Crippen molar-refractivity contribution in [1.82, 2.24) is 5.32 Å². The summed E-state index contributed by atoms with van der Waals surface area (Å²) in [7, 11) is 0. The number of hydrogen-bond acceptors (Lipinski definition) is 3. The normalized spacial score (nSPS) is 34.7. The fraction of sp³-hybridized carbons (Fsp3) is 0.676. The second kappa shape index (κ2) is 10.00. The predicted octanol–water partition coefficient (Wildman–Crippen LogP) is 7.37. The van der Waals surface area contributed by atoms with Crippen LogP contribution in [0.4, 0.5) is 5.69 Å². The number of hydrogen-bond donors (Lipinski definition) is 1. The summed E-state index contributed by atoms with van der Waals surface area (Å²) in [6, 6.07) is 7.26. The Balaban J connectivity index is 1.43. The van der Waals surface area contributed by atoms with Crippen LogP contribution in [0.5, 0.6) is 0 Å². The van der Waals surface area contributed by atoms with Crippen molar-refractivity contribution < 1.29 is 14.4 Å². The van der Waals surface area contributed by atoms with Gasteiger partial charge >= 0.3 is 0 Å². The minimum Gasteiger partial charge on any atom is -0.350 e. The highest BCUT2D eigenvalue weighted by atomic mass is 35.5. The molecule has 1 N–H and O–H groups in total. The molecule has 3 saturated carbocycles. The first kappa shape index (κ1) is 29.4. The molecule has 5 nitrogen and oxygen atoms in total. The third-order valence-corrected chi connectivity index (χ3v) is 11.5. The van der Waals surface area contributed by atoms with Crippen LogP contribution in [0.15, 0.2) is 35.9 Å². The number of Topliss-reactive ketones (excluding diaryl/α,β-unsaturated/α-hetero) is 1. The van der Waals surface area contributed by atoms with Crippen LogP contribution in [0.25, 0.3) is 0 Å². The molecule has 0 aromatic heterocycles. The number of allylic oxidation sites excluding steroid dienone is 2. The van der Waals surface area contributed by atoms with E-state index in [-0.39, 0.29) is 46.1 Å². The summed E-state index contributed by atoms with van der Waals surface area (Å²) in [6.07, 6.45) is 9.02. The highest BCUT2D eigenvalue weighted by molar-refractivity contribution is 6.30. The lowest BCUT2D eigenvalue weighted by Crippen LogP contribution is -2.55. The van der Waals surface area contributed by atoms with Crippen LogP contribution < -0.4 is 10.2 Å². The van der Waals surface area contributed by atoms with Gasteiger partial charge in [0.2, 0.25) is 11.8 Å². The largest absolute Gasteiger partial charge is 0.350 e. The van der Waals surface area contributed by atoms with Gasteiger partial charge in [-0.2, -0.15) is 0 Å². The number of rotatable bonds is 4. The van der Waals surface area contributed by atoms with Gasteiger partial charge in [0, 0.05) is 34.0 Å². The minimum atomic E-state index is -0.379. The number of anilines is 1. The zero-order valence-electron chi connectivity index (χ0n) is 25.4. The first-order chi connectivity index (χ1) is 18.6. The maximum Gasteiger partial charge on any atom is 0.240 e. The van der Waals surface area contributed by atoms with Gasteiger partial charge in [-0.3, -0.25) is 14.4 Å². The fourth-order valence-corrected chi connectivity index (χ4v) is 9.46. The van der Waals surface area contributed by atoms with E-state index >= 15 is 0 Å². The summed E-state index contributed by atoms with van der Waals surface area (Å²) >= 11 is 6.17. The molecular formula is C34H47ClN2O3. The Labute approximate surface area is 245 Å². The molecular weight excluding hydrogens is 520 g/mol. The van der Waals surface area contributed by atoms with Crippen molar-refractivity contribution in [2.45, 2.75) is 99.0 Å². The summed E-state index contributed by atoms with van der Waals surface area (Å²) in [5.74, 6) is 1.69. The molecule has 3 fully saturated rings. The summed E-state index contributed by atoms with van der Waals surface area (Å²) in [5, 5.41) is 3.63. The molecule has 6 atom stereocenters. The number of halogens is 1. The van der Waals surface area contributed by atoms with Gasteiger partial charge in [0.1, 0.15) is 12.3 Å². The zero-order chi connectivity index (χ0) is 29.3. The lowest BCUT2D eigenvalue weighted by molar-refractivity contribution is -0.135. The van der Waals surface area contributed by atoms with Crippen molar-refractivity contribution in [2.75, 3.05) is 11.4 Å². The molecule has 0 radical (unpaired) electrons. The van der Waals surface area contributed by atoms with Gasteiger partial charge in [0.05, 0.1) is 0 Å².